The average molecular weight is 429 g/mol. The molecule has 0 aromatic heterocycles. The van der Waals surface area contributed by atoms with Crippen LogP contribution in [0.5, 0.6) is 5.75 Å². The third-order valence-corrected chi connectivity index (χ3v) is 5.76. The van der Waals surface area contributed by atoms with E-state index in [9.17, 15) is 9.59 Å². The average Bonchev–Trinajstić information content (AvgIpc) is 3.10. The maximum atomic E-state index is 13.0. The Hall–Kier alpha value is -3.60. The SMILES string of the molecule is Cc1ccc(OCC(=O)N2CCCN(C(=O)c3ccc(-c4ccccc4)cc3)CC2)cc1. The van der Waals surface area contributed by atoms with Gasteiger partial charge in [-0.2, -0.15) is 0 Å². The number of aryl methyl sites for hydroxylation is 1. The van der Waals surface area contributed by atoms with Gasteiger partial charge < -0.3 is 14.5 Å². The van der Waals surface area contributed by atoms with Crippen molar-refractivity contribution in [2.75, 3.05) is 32.8 Å². The number of amides is 2. The molecule has 1 heterocycles. The molecule has 0 N–H and O–H groups in total. The Morgan fingerprint density at radius 2 is 1.38 bits per heavy atom. The van der Waals surface area contributed by atoms with Crippen LogP contribution in [-0.2, 0) is 4.79 Å². The molecule has 3 aromatic rings. The lowest BCUT2D eigenvalue weighted by Crippen LogP contribution is -2.39. The zero-order valence-corrected chi connectivity index (χ0v) is 18.4. The van der Waals surface area contributed by atoms with Gasteiger partial charge in [0, 0.05) is 31.7 Å². The molecule has 1 saturated heterocycles. The molecule has 0 saturated carbocycles. The van der Waals surface area contributed by atoms with Crippen LogP contribution in [0.4, 0.5) is 0 Å². The van der Waals surface area contributed by atoms with Crippen molar-refractivity contribution >= 4 is 11.8 Å². The molecule has 5 nitrogen and oxygen atoms in total. The minimum Gasteiger partial charge on any atom is -0.484 e. The Balaban J connectivity index is 1.31. The van der Waals surface area contributed by atoms with E-state index >= 15 is 0 Å². The molecule has 4 rings (SSSR count). The second-order valence-corrected chi connectivity index (χ2v) is 8.07. The first-order valence-electron chi connectivity index (χ1n) is 11.0. The second-order valence-electron chi connectivity index (χ2n) is 8.07. The summed E-state index contributed by atoms with van der Waals surface area (Å²) in [6, 6.07) is 25.5. The lowest BCUT2D eigenvalue weighted by molar-refractivity contribution is -0.133. The van der Waals surface area contributed by atoms with E-state index in [1.807, 2.05) is 78.6 Å². The highest BCUT2D eigenvalue weighted by molar-refractivity contribution is 5.94. The first kappa shape index (κ1) is 21.6. The molecule has 2 amide bonds. The first-order chi connectivity index (χ1) is 15.6. The van der Waals surface area contributed by atoms with Crippen LogP contribution in [0.25, 0.3) is 11.1 Å². The van der Waals surface area contributed by atoms with Gasteiger partial charge in [-0.15, -0.1) is 0 Å². The predicted molar refractivity (Wildman–Crippen MR) is 126 cm³/mol. The Morgan fingerprint density at radius 1 is 0.750 bits per heavy atom. The van der Waals surface area contributed by atoms with Gasteiger partial charge >= 0.3 is 0 Å². The fourth-order valence-corrected chi connectivity index (χ4v) is 3.86. The molecule has 1 aliphatic rings. The van der Waals surface area contributed by atoms with Crippen molar-refractivity contribution in [3.63, 3.8) is 0 Å². The highest BCUT2D eigenvalue weighted by atomic mass is 16.5. The van der Waals surface area contributed by atoms with Crippen molar-refractivity contribution in [3.8, 4) is 16.9 Å². The molecule has 0 unspecified atom stereocenters. The van der Waals surface area contributed by atoms with Crippen molar-refractivity contribution in [1.82, 2.24) is 9.80 Å². The molecule has 3 aromatic carbocycles. The second kappa shape index (κ2) is 10.1. The molecule has 5 heteroatoms. The Morgan fingerprint density at radius 3 is 2.09 bits per heavy atom. The molecule has 32 heavy (non-hydrogen) atoms. The summed E-state index contributed by atoms with van der Waals surface area (Å²) >= 11 is 0. The monoisotopic (exact) mass is 428 g/mol. The molecule has 0 bridgehead atoms. The summed E-state index contributed by atoms with van der Waals surface area (Å²) in [5, 5.41) is 0. The fourth-order valence-electron chi connectivity index (χ4n) is 3.86. The number of rotatable bonds is 5. The van der Waals surface area contributed by atoms with Crippen LogP contribution < -0.4 is 4.74 Å². The normalized spacial score (nSPS) is 14.0. The predicted octanol–water partition coefficient (Wildman–Crippen LogP) is 4.42. The summed E-state index contributed by atoms with van der Waals surface area (Å²) in [7, 11) is 0. The van der Waals surface area contributed by atoms with E-state index in [1.165, 1.54) is 0 Å². The molecular weight excluding hydrogens is 400 g/mol. The van der Waals surface area contributed by atoms with Crippen LogP contribution in [0, 0.1) is 6.92 Å². The lowest BCUT2D eigenvalue weighted by atomic mass is 10.0. The minimum absolute atomic E-state index is 0.00909. The van der Waals surface area contributed by atoms with Crippen LogP contribution >= 0.6 is 0 Å². The van der Waals surface area contributed by atoms with Gasteiger partial charge in [-0.3, -0.25) is 9.59 Å². The van der Waals surface area contributed by atoms with Crippen LogP contribution in [0.15, 0.2) is 78.9 Å². The van der Waals surface area contributed by atoms with Crippen molar-refractivity contribution in [3.05, 3.63) is 90.0 Å². The van der Waals surface area contributed by atoms with Gasteiger partial charge in [0.05, 0.1) is 0 Å². The summed E-state index contributed by atoms with van der Waals surface area (Å²) < 4.78 is 5.64. The molecule has 164 valence electrons. The Labute approximate surface area is 189 Å². The number of nitrogens with zero attached hydrogens (tertiary/aromatic N) is 2. The number of carbonyl (C=O) groups excluding carboxylic acids is 2. The van der Waals surface area contributed by atoms with Crippen molar-refractivity contribution < 1.29 is 14.3 Å². The number of hydrogen-bond acceptors (Lipinski definition) is 3. The van der Waals surface area contributed by atoms with Gasteiger partial charge in [-0.05, 0) is 48.7 Å². The zero-order valence-electron chi connectivity index (χ0n) is 18.4. The molecule has 1 fully saturated rings. The smallest absolute Gasteiger partial charge is 0.260 e. The summed E-state index contributed by atoms with van der Waals surface area (Å²) in [4.78, 5) is 29.3. The van der Waals surface area contributed by atoms with Crippen LogP contribution in [0.2, 0.25) is 0 Å². The van der Waals surface area contributed by atoms with Crippen LogP contribution in [0.3, 0.4) is 0 Å². The standard InChI is InChI=1S/C27H28N2O3/c1-21-8-14-25(15-9-21)32-20-26(30)28-16-5-17-29(19-18-28)27(31)24-12-10-23(11-13-24)22-6-3-2-4-7-22/h2-4,6-15H,5,16-20H2,1H3. The summed E-state index contributed by atoms with van der Waals surface area (Å²) in [6.45, 7) is 4.34. The quantitative estimate of drug-likeness (QED) is 0.605. The number of ether oxygens (including phenoxy) is 1. The van der Waals surface area contributed by atoms with Crippen LogP contribution in [-0.4, -0.2) is 54.4 Å². The van der Waals surface area contributed by atoms with Gasteiger partial charge in [0.1, 0.15) is 5.75 Å². The van der Waals surface area contributed by atoms with Crippen molar-refractivity contribution in [1.29, 1.82) is 0 Å². The Kier molecular flexibility index (Phi) is 6.85. The van der Waals surface area contributed by atoms with Gasteiger partial charge in [0.15, 0.2) is 6.61 Å². The number of benzene rings is 3. The summed E-state index contributed by atoms with van der Waals surface area (Å²) in [6.07, 6.45) is 0.754. The van der Waals surface area contributed by atoms with Crippen molar-refractivity contribution in [2.24, 2.45) is 0 Å². The maximum absolute atomic E-state index is 13.0. The molecule has 1 aliphatic heterocycles. The number of carbonyl (C=O) groups is 2. The highest BCUT2D eigenvalue weighted by Gasteiger charge is 2.23. The molecule has 0 aliphatic carbocycles. The largest absolute Gasteiger partial charge is 0.484 e. The van der Waals surface area contributed by atoms with Gasteiger partial charge in [-0.25, -0.2) is 0 Å². The van der Waals surface area contributed by atoms with Gasteiger partial charge in [0.2, 0.25) is 0 Å². The van der Waals surface area contributed by atoms with E-state index in [0.29, 0.717) is 37.5 Å². The highest BCUT2D eigenvalue weighted by Crippen LogP contribution is 2.20. The zero-order chi connectivity index (χ0) is 22.3. The van der Waals surface area contributed by atoms with Crippen LogP contribution in [0.1, 0.15) is 22.3 Å². The third kappa shape index (κ3) is 5.35. The fraction of sp³-hybridized carbons (Fsp3) is 0.259. The lowest BCUT2D eigenvalue weighted by Gasteiger charge is -2.22. The third-order valence-electron chi connectivity index (χ3n) is 5.76. The minimum atomic E-state index is -0.0490. The van der Waals surface area contributed by atoms with Crippen molar-refractivity contribution in [2.45, 2.75) is 13.3 Å². The van der Waals surface area contributed by atoms with E-state index in [-0.39, 0.29) is 18.4 Å². The molecule has 0 atom stereocenters. The van der Waals surface area contributed by atoms with Gasteiger partial charge in [-0.1, -0.05) is 60.2 Å². The topological polar surface area (TPSA) is 49.9 Å². The summed E-state index contributed by atoms with van der Waals surface area (Å²) in [5.41, 5.74) is 4.04. The Bertz CT molecular complexity index is 1050. The van der Waals surface area contributed by atoms with E-state index in [2.05, 4.69) is 12.1 Å². The summed E-state index contributed by atoms with van der Waals surface area (Å²) in [5.74, 6) is 0.649. The molecule has 0 radical (unpaired) electrons. The molecular formula is C27H28N2O3. The van der Waals surface area contributed by atoms with E-state index in [0.717, 1.165) is 23.1 Å². The maximum Gasteiger partial charge on any atom is 0.260 e. The first-order valence-corrected chi connectivity index (χ1v) is 11.0. The van der Waals surface area contributed by atoms with E-state index in [4.69, 9.17) is 4.74 Å². The van der Waals surface area contributed by atoms with Gasteiger partial charge in [0.25, 0.3) is 11.8 Å². The molecule has 0 spiro atoms. The number of hydrogen-bond donors (Lipinski definition) is 0. The van der Waals surface area contributed by atoms with E-state index < -0.39 is 0 Å². The van der Waals surface area contributed by atoms with E-state index in [1.54, 1.807) is 4.90 Å².